The lowest BCUT2D eigenvalue weighted by atomic mass is 10.2. The Kier molecular flexibility index (Phi) is 4.37. The van der Waals surface area contributed by atoms with Gasteiger partial charge >= 0.3 is 6.18 Å². The van der Waals surface area contributed by atoms with E-state index in [0.29, 0.717) is 16.6 Å². The van der Waals surface area contributed by atoms with Crippen molar-refractivity contribution in [2.45, 2.75) is 13.1 Å². The largest absolute Gasteiger partial charge is 0.488 e. The van der Waals surface area contributed by atoms with Crippen molar-refractivity contribution in [2.75, 3.05) is 13.3 Å². The predicted octanol–water partition coefficient (Wildman–Crippen LogP) is 4.63. The van der Waals surface area contributed by atoms with Crippen molar-refractivity contribution in [3.63, 3.8) is 0 Å². The summed E-state index contributed by atoms with van der Waals surface area (Å²) in [7, 11) is 0. The number of rotatable bonds is 4. The molecule has 0 aliphatic carbocycles. The number of hydrogen-bond acceptors (Lipinski definition) is 4. The molecule has 146 valence electrons. The molecule has 6 nitrogen and oxygen atoms in total. The normalized spacial score (nSPS) is 12.2. The van der Waals surface area contributed by atoms with Crippen molar-refractivity contribution in [2.24, 2.45) is 0 Å². The van der Waals surface area contributed by atoms with Crippen LogP contribution in [0.15, 0.2) is 24.4 Å². The summed E-state index contributed by atoms with van der Waals surface area (Å²) >= 11 is 6.20. The molecule has 3 aromatic heterocycles. The average molecular weight is 414 g/mol. The molecule has 4 aromatic rings. The number of hydrogen-bond donors (Lipinski definition) is 1. The van der Waals surface area contributed by atoms with Crippen LogP contribution in [-0.2, 0) is 6.18 Å². The van der Waals surface area contributed by atoms with Crippen molar-refractivity contribution >= 4 is 33.7 Å². The third kappa shape index (κ3) is 3.03. The number of aromatic nitrogens is 5. The van der Waals surface area contributed by atoms with Gasteiger partial charge < -0.3 is 4.74 Å². The Bertz CT molecular complexity index is 1180. The van der Waals surface area contributed by atoms with Crippen LogP contribution in [0.1, 0.15) is 11.5 Å². The van der Waals surface area contributed by atoms with Crippen LogP contribution < -0.4 is 4.74 Å². The molecule has 0 saturated carbocycles. The molecule has 0 radical (unpaired) electrons. The number of halogens is 5. The lowest BCUT2D eigenvalue weighted by Gasteiger charge is -2.12. The first-order chi connectivity index (χ1) is 13.3. The summed E-state index contributed by atoms with van der Waals surface area (Å²) in [6, 6.07) is 4.28. The smallest absolute Gasteiger partial charge is 0.450 e. The maximum atomic E-state index is 13.7. The first kappa shape index (κ1) is 18.5. The zero-order valence-corrected chi connectivity index (χ0v) is 15.1. The standard InChI is InChI=1S/C17H12ClF4N5O/c1-8-4-12(28-3-2-19)14-15(24-8)27(16(25-14)17(20,21)22)10-5-9-7-23-26-13(9)11(18)6-10/h4-7H,2-3H2,1H3,(H,23,26). The van der Waals surface area contributed by atoms with Gasteiger partial charge in [0.1, 0.15) is 13.3 Å². The van der Waals surface area contributed by atoms with Gasteiger partial charge in [-0.2, -0.15) is 18.3 Å². The minimum Gasteiger partial charge on any atom is -0.488 e. The van der Waals surface area contributed by atoms with Gasteiger partial charge in [-0.25, -0.2) is 14.4 Å². The van der Waals surface area contributed by atoms with E-state index in [1.807, 2.05) is 0 Å². The summed E-state index contributed by atoms with van der Waals surface area (Å²) < 4.78 is 59.9. The fourth-order valence-electron chi connectivity index (χ4n) is 2.96. The fraction of sp³-hybridized carbons (Fsp3) is 0.235. The van der Waals surface area contributed by atoms with Crippen LogP contribution in [0.25, 0.3) is 27.8 Å². The molecule has 3 heterocycles. The molecule has 0 unspecified atom stereocenters. The number of nitrogens with one attached hydrogen (secondary N) is 1. The minimum absolute atomic E-state index is 0.0277. The number of H-pyrrole nitrogens is 1. The number of imidazole rings is 1. The topological polar surface area (TPSA) is 68.6 Å². The first-order valence-electron chi connectivity index (χ1n) is 8.08. The molecule has 28 heavy (non-hydrogen) atoms. The molecule has 0 atom stereocenters. The highest BCUT2D eigenvalue weighted by Crippen LogP contribution is 2.37. The van der Waals surface area contributed by atoms with E-state index in [-0.39, 0.29) is 34.2 Å². The van der Waals surface area contributed by atoms with Crippen LogP contribution in [0, 0.1) is 6.92 Å². The Morgan fingerprint density at radius 1 is 1.21 bits per heavy atom. The summed E-state index contributed by atoms with van der Waals surface area (Å²) in [6.45, 7) is 0.501. The summed E-state index contributed by atoms with van der Waals surface area (Å²) in [5.74, 6) is -1.16. The minimum atomic E-state index is -4.77. The van der Waals surface area contributed by atoms with Gasteiger partial charge in [0.05, 0.1) is 22.4 Å². The number of aryl methyl sites for hydroxylation is 1. The first-order valence-corrected chi connectivity index (χ1v) is 8.46. The van der Waals surface area contributed by atoms with E-state index >= 15 is 0 Å². The van der Waals surface area contributed by atoms with Crippen LogP contribution in [0.5, 0.6) is 5.75 Å². The van der Waals surface area contributed by atoms with E-state index in [1.165, 1.54) is 24.4 Å². The molecular formula is C17H12ClF4N5O. The zero-order valence-electron chi connectivity index (χ0n) is 14.3. The Balaban J connectivity index is 2.06. The Morgan fingerprint density at radius 2 is 2.00 bits per heavy atom. The maximum Gasteiger partial charge on any atom is 0.450 e. The fourth-order valence-corrected chi connectivity index (χ4v) is 3.22. The lowest BCUT2D eigenvalue weighted by molar-refractivity contribution is -0.145. The second-order valence-electron chi connectivity index (χ2n) is 6.00. The second kappa shape index (κ2) is 6.62. The van der Waals surface area contributed by atoms with Gasteiger partial charge in [0.15, 0.2) is 16.9 Å². The van der Waals surface area contributed by atoms with Gasteiger partial charge in [0, 0.05) is 17.1 Å². The highest BCUT2D eigenvalue weighted by atomic mass is 35.5. The van der Waals surface area contributed by atoms with Crippen LogP contribution in [0.4, 0.5) is 17.6 Å². The number of aromatic amines is 1. The molecule has 0 bridgehead atoms. The van der Waals surface area contributed by atoms with Crippen LogP contribution >= 0.6 is 11.6 Å². The van der Waals surface area contributed by atoms with Crippen molar-refractivity contribution in [3.8, 4) is 11.4 Å². The van der Waals surface area contributed by atoms with Gasteiger partial charge in [0.25, 0.3) is 0 Å². The molecule has 0 aliphatic rings. The van der Waals surface area contributed by atoms with E-state index in [1.54, 1.807) is 6.92 Å². The van der Waals surface area contributed by atoms with Gasteiger partial charge in [-0.3, -0.25) is 9.67 Å². The van der Waals surface area contributed by atoms with Gasteiger partial charge in [-0.1, -0.05) is 11.6 Å². The number of nitrogens with zero attached hydrogens (tertiary/aromatic N) is 4. The molecule has 0 aliphatic heterocycles. The highest BCUT2D eigenvalue weighted by molar-refractivity contribution is 6.35. The van der Waals surface area contributed by atoms with Gasteiger partial charge in [-0.05, 0) is 19.1 Å². The molecule has 1 N–H and O–H groups in total. The number of fused-ring (bicyclic) bond motifs is 2. The zero-order chi connectivity index (χ0) is 20.1. The second-order valence-corrected chi connectivity index (χ2v) is 6.41. The SMILES string of the molecule is Cc1cc(OCCF)c2nc(C(F)(F)F)n(-c3cc(Cl)c4[nH]ncc4c3)c2n1. The average Bonchev–Trinajstić information content (AvgIpc) is 3.23. The summed E-state index contributed by atoms with van der Waals surface area (Å²) in [4.78, 5) is 7.93. The van der Waals surface area contributed by atoms with Crippen molar-refractivity contribution in [1.82, 2.24) is 24.7 Å². The van der Waals surface area contributed by atoms with E-state index in [4.69, 9.17) is 16.3 Å². The number of pyridine rings is 1. The van der Waals surface area contributed by atoms with Crippen LogP contribution in [0.3, 0.4) is 0 Å². The van der Waals surface area contributed by atoms with E-state index < -0.39 is 18.7 Å². The van der Waals surface area contributed by atoms with E-state index in [0.717, 1.165) is 4.57 Å². The molecule has 1 aromatic carbocycles. The van der Waals surface area contributed by atoms with Crippen LogP contribution in [0.2, 0.25) is 5.02 Å². The van der Waals surface area contributed by atoms with Crippen molar-refractivity contribution in [3.05, 3.63) is 40.9 Å². The molecule has 4 rings (SSSR count). The Hall–Kier alpha value is -2.88. The van der Waals surface area contributed by atoms with Crippen molar-refractivity contribution in [1.29, 1.82) is 0 Å². The molecule has 0 amide bonds. The number of benzene rings is 1. The molecule has 0 spiro atoms. The third-order valence-corrected chi connectivity index (χ3v) is 4.34. The third-order valence-electron chi connectivity index (χ3n) is 4.04. The monoisotopic (exact) mass is 413 g/mol. The maximum absolute atomic E-state index is 13.7. The summed E-state index contributed by atoms with van der Waals surface area (Å²) in [6.07, 6.45) is -3.32. The molecule has 11 heteroatoms. The van der Waals surface area contributed by atoms with Gasteiger partial charge in [0.2, 0.25) is 5.82 Å². The highest BCUT2D eigenvalue weighted by Gasteiger charge is 2.39. The molecule has 0 fully saturated rings. The number of ether oxygens (including phenoxy) is 1. The lowest BCUT2D eigenvalue weighted by Crippen LogP contribution is -2.14. The van der Waals surface area contributed by atoms with Crippen LogP contribution in [-0.4, -0.2) is 38.0 Å². The van der Waals surface area contributed by atoms with E-state index in [9.17, 15) is 17.6 Å². The van der Waals surface area contributed by atoms with Crippen molar-refractivity contribution < 1.29 is 22.3 Å². The molecule has 0 saturated heterocycles. The van der Waals surface area contributed by atoms with Gasteiger partial charge in [-0.15, -0.1) is 0 Å². The summed E-state index contributed by atoms with van der Waals surface area (Å²) in [5, 5.41) is 7.26. The quantitative estimate of drug-likeness (QED) is 0.495. The Labute approximate surface area is 160 Å². The molecular weight excluding hydrogens is 402 g/mol. The Morgan fingerprint density at radius 3 is 2.71 bits per heavy atom. The summed E-state index contributed by atoms with van der Waals surface area (Å²) in [5.41, 5.74) is 0.823. The van der Waals surface area contributed by atoms with E-state index in [2.05, 4.69) is 20.2 Å². The predicted molar refractivity (Wildman–Crippen MR) is 94.7 cm³/mol. The number of alkyl halides is 4.